The Bertz CT molecular complexity index is 623. The van der Waals surface area contributed by atoms with Crippen LogP contribution in [0.25, 0.3) is 0 Å². The van der Waals surface area contributed by atoms with E-state index in [9.17, 15) is 0 Å². The van der Waals surface area contributed by atoms with Crippen molar-refractivity contribution in [2.75, 3.05) is 0 Å². The van der Waals surface area contributed by atoms with Crippen molar-refractivity contribution in [3.8, 4) is 11.6 Å². The molecule has 2 rings (SSSR count). The summed E-state index contributed by atoms with van der Waals surface area (Å²) >= 11 is 0. The highest BCUT2D eigenvalue weighted by molar-refractivity contribution is 5.98. The molecule has 0 spiro atoms. The van der Waals surface area contributed by atoms with Crippen LogP contribution in [0.5, 0.6) is 11.6 Å². The van der Waals surface area contributed by atoms with E-state index in [1.54, 1.807) is 11.7 Å². The van der Waals surface area contributed by atoms with Crippen LogP contribution in [0.1, 0.15) is 22.4 Å². The molecule has 0 fully saturated rings. The Kier molecular flexibility index (Phi) is 3.29. The Labute approximate surface area is 112 Å². The molecular formula is C14H18N4O. The van der Waals surface area contributed by atoms with E-state index in [4.69, 9.17) is 15.9 Å². The lowest BCUT2D eigenvalue weighted by Crippen LogP contribution is -2.13. The molecule has 1 aromatic carbocycles. The number of hydrogen-bond acceptors (Lipinski definition) is 3. The van der Waals surface area contributed by atoms with Gasteiger partial charge in [-0.3, -0.25) is 5.41 Å². The largest absolute Gasteiger partial charge is 0.438 e. The van der Waals surface area contributed by atoms with Gasteiger partial charge in [-0.25, -0.2) is 4.68 Å². The van der Waals surface area contributed by atoms with E-state index in [0.717, 1.165) is 16.9 Å². The van der Waals surface area contributed by atoms with Crippen LogP contribution in [-0.2, 0) is 7.05 Å². The van der Waals surface area contributed by atoms with Gasteiger partial charge in [-0.15, -0.1) is 0 Å². The van der Waals surface area contributed by atoms with Crippen molar-refractivity contribution in [3.63, 3.8) is 0 Å². The number of hydrogen-bond donors (Lipinski definition) is 2. The molecule has 5 nitrogen and oxygen atoms in total. The van der Waals surface area contributed by atoms with Crippen LogP contribution < -0.4 is 10.5 Å². The predicted molar refractivity (Wildman–Crippen MR) is 75.0 cm³/mol. The van der Waals surface area contributed by atoms with Crippen LogP contribution in [-0.4, -0.2) is 15.6 Å². The molecule has 19 heavy (non-hydrogen) atoms. The summed E-state index contributed by atoms with van der Waals surface area (Å²) in [5, 5.41) is 11.9. The summed E-state index contributed by atoms with van der Waals surface area (Å²) in [6.45, 7) is 5.84. The number of nitrogens with one attached hydrogen (secondary N) is 1. The van der Waals surface area contributed by atoms with Gasteiger partial charge in [-0.05, 0) is 44.0 Å². The Hall–Kier alpha value is -2.30. The third-order valence-corrected chi connectivity index (χ3v) is 2.85. The number of ether oxygens (including phenoxy) is 1. The topological polar surface area (TPSA) is 76.9 Å². The molecule has 0 radical (unpaired) electrons. The number of nitrogen functional groups attached to an aromatic ring is 1. The molecule has 5 heteroatoms. The Balaban J connectivity index is 2.46. The third-order valence-electron chi connectivity index (χ3n) is 2.85. The maximum absolute atomic E-state index is 7.63. The lowest BCUT2D eigenvalue weighted by molar-refractivity contribution is 0.429. The van der Waals surface area contributed by atoms with E-state index >= 15 is 0 Å². The van der Waals surface area contributed by atoms with Crippen molar-refractivity contribution in [2.24, 2.45) is 12.8 Å². The van der Waals surface area contributed by atoms with Crippen molar-refractivity contribution in [3.05, 3.63) is 40.6 Å². The quantitative estimate of drug-likeness (QED) is 0.655. The first-order valence-corrected chi connectivity index (χ1v) is 6.02. The molecule has 0 atom stereocenters. The molecule has 1 heterocycles. The molecular weight excluding hydrogens is 240 g/mol. The van der Waals surface area contributed by atoms with Gasteiger partial charge >= 0.3 is 0 Å². The van der Waals surface area contributed by atoms with E-state index in [0.29, 0.717) is 17.1 Å². The number of rotatable bonds is 3. The lowest BCUT2D eigenvalue weighted by atomic mass is 10.1. The fourth-order valence-corrected chi connectivity index (χ4v) is 2.17. The normalized spacial score (nSPS) is 10.5. The van der Waals surface area contributed by atoms with Gasteiger partial charge in [-0.2, -0.15) is 5.10 Å². The number of benzene rings is 1. The summed E-state index contributed by atoms with van der Waals surface area (Å²) in [7, 11) is 1.78. The molecule has 1 aromatic heterocycles. The minimum Gasteiger partial charge on any atom is -0.438 e. The molecule has 0 unspecified atom stereocenters. The second-order valence-corrected chi connectivity index (χ2v) is 4.73. The first-order chi connectivity index (χ1) is 8.88. The Morgan fingerprint density at radius 1 is 1.21 bits per heavy atom. The van der Waals surface area contributed by atoms with Crippen molar-refractivity contribution < 1.29 is 4.74 Å². The number of aryl methyl sites for hydroxylation is 4. The van der Waals surface area contributed by atoms with Crippen LogP contribution in [0.15, 0.2) is 18.2 Å². The zero-order valence-electron chi connectivity index (χ0n) is 11.6. The molecule has 0 saturated carbocycles. The zero-order chi connectivity index (χ0) is 14.2. The van der Waals surface area contributed by atoms with Crippen molar-refractivity contribution in [1.29, 1.82) is 5.41 Å². The number of amidine groups is 1. The minimum absolute atomic E-state index is 0.0371. The summed E-state index contributed by atoms with van der Waals surface area (Å²) in [5.41, 5.74) is 9.07. The number of nitrogens with two attached hydrogens (primary N) is 1. The van der Waals surface area contributed by atoms with Gasteiger partial charge in [0.15, 0.2) is 0 Å². The van der Waals surface area contributed by atoms with E-state index in [1.807, 2.05) is 32.9 Å². The highest BCUT2D eigenvalue weighted by Crippen LogP contribution is 2.28. The SMILES string of the molecule is Cc1cc(C)cc(Oc2c(C(=N)N)c(C)nn2C)c1. The van der Waals surface area contributed by atoms with Crippen LogP contribution in [0, 0.1) is 26.2 Å². The number of aromatic nitrogens is 2. The Morgan fingerprint density at radius 2 is 1.79 bits per heavy atom. The van der Waals surface area contributed by atoms with E-state index in [1.165, 1.54) is 0 Å². The maximum Gasteiger partial charge on any atom is 0.228 e. The average Bonchev–Trinajstić information content (AvgIpc) is 2.52. The molecule has 0 saturated heterocycles. The average molecular weight is 258 g/mol. The lowest BCUT2D eigenvalue weighted by Gasteiger charge is -2.09. The zero-order valence-corrected chi connectivity index (χ0v) is 11.6. The summed E-state index contributed by atoms with van der Waals surface area (Å²) in [6, 6.07) is 5.96. The van der Waals surface area contributed by atoms with Gasteiger partial charge in [0.2, 0.25) is 5.88 Å². The predicted octanol–water partition coefficient (Wildman–Crippen LogP) is 2.42. The maximum atomic E-state index is 7.63. The van der Waals surface area contributed by atoms with E-state index < -0.39 is 0 Å². The van der Waals surface area contributed by atoms with Crippen molar-refractivity contribution >= 4 is 5.84 Å². The number of nitrogens with zero attached hydrogens (tertiary/aromatic N) is 2. The second kappa shape index (κ2) is 4.76. The van der Waals surface area contributed by atoms with Crippen LogP contribution in [0.2, 0.25) is 0 Å². The van der Waals surface area contributed by atoms with Gasteiger partial charge in [0.1, 0.15) is 17.1 Å². The molecule has 0 aliphatic carbocycles. The fourth-order valence-electron chi connectivity index (χ4n) is 2.17. The highest BCUT2D eigenvalue weighted by atomic mass is 16.5. The Morgan fingerprint density at radius 3 is 2.32 bits per heavy atom. The molecule has 0 amide bonds. The van der Waals surface area contributed by atoms with Gasteiger partial charge in [0, 0.05) is 7.05 Å². The smallest absolute Gasteiger partial charge is 0.228 e. The van der Waals surface area contributed by atoms with Gasteiger partial charge < -0.3 is 10.5 Å². The molecule has 0 aliphatic heterocycles. The van der Waals surface area contributed by atoms with Gasteiger partial charge in [0.05, 0.1) is 5.69 Å². The van der Waals surface area contributed by atoms with Crippen LogP contribution in [0.3, 0.4) is 0 Å². The van der Waals surface area contributed by atoms with Crippen LogP contribution in [0.4, 0.5) is 0 Å². The minimum atomic E-state index is -0.0371. The van der Waals surface area contributed by atoms with E-state index in [-0.39, 0.29) is 5.84 Å². The van der Waals surface area contributed by atoms with E-state index in [2.05, 4.69) is 11.2 Å². The summed E-state index contributed by atoms with van der Waals surface area (Å²) in [5.74, 6) is 1.18. The first-order valence-electron chi connectivity index (χ1n) is 6.02. The molecule has 0 aliphatic rings. The molecule has 0 bridgehead atoms. The first kappa shape index (κ1) is 13.1. The molecule has 3 N–H and O–H groups in total. The van der Waals surface area contributed by atoms with Gasteiger partial charge in [0.25, 0.3) is 0 Å². The molecule has 2 aromatic rings. The fraction of sp³-hybridized carbons (Fsp3) is 0.286. The van der Waals surface area contributed by atoms with Crippen LogP contribution >= 0.6 is 0 Å². The summed E-state index contributed by atoms with van der Waals surface area (Å²) in [6.07, 6.45) is 0. The summed E-state index contributed by atoms with van der Waals surface area (Å²) < 4.78 is 7.46. The summed E-state index contributed by atoms with van der Waals surface area (Å²) in [4.78, 5) is 0. The second-order valence-electron chi connectivity index (χ2n) is 4.73. The van der Waals surface area contributed by atoms with Gasteiger partial charge in [-0.1, -0.05) is 6.07 Å². The molecule has 100 valence electrons. The standard InChI is InChI=1S/C14H18N4O/c1-8-5-9(2)7-11(6-8)19-14-12(13(15)16)10(3)17-18(14)4/h5-7H,1-4H3,(H3,15,16). The highest BCUT2D eigenvalue weighted by Gasteiger charge is 2.18. The van der Waals surface area contributed by atoms with Crippen molar-refractivity contribution in [1.82, 2.24) is 9.78 Å². The third kappa shape index (κ3) is 2.59. The monoisotopic (exact) mass is 258 g/mol. The van der Waals surface area contributed by atoms with Crippen molar-refractivity contribution in [2.45, 2.75) is 20.8 Å².